The highest BCUT2D eigenvalue weighted by molar-refractivity contribution is 6.55. The van der Waals surface area contributed by atoms with Crippen molar-refractivity contribution in [2.45, 2.75) is 51.4 Å². The van der Waals surface area contributed by atoms with Crippen LogP contribution in [0.2, 0.25) is 20.1 Å². The lowest BCUT2D eigenvalue weighted by atomic mass is 10.1. The van der Waals surface area contributed by atoms with E-state index in [0.717, 1.165) is 43.7 Å². The summed E-state index contributed by atoms with van der Waals surface area (Å²) in [4.78, 5) is 40.7. The van der Waals surface area contributed by atoms with E-state index >= 15 is 0 Å². The van der Waals surface area contributed by atoms with Crippen LogP contribution in [-0.4, -0.2) is 47.2 Å². The van der Waals surface area contributed by atoms with E-state index in [2.05, 4.69) is 0 Å². The first-order chi connectivity index (χ1) is 13.8. The Morgan fingerprint density at radius 3 is 1.76 bits per heavy atom. The van der Waals surface area contributed by atoms with Crippen LogP contribution in [0, 0.1) is 0 Å². The first-order valence-corrected chi connectivity index (χ1v) is 11.4. The van der Waals surface area contributed by atoms with Crippen LogP contribution in [0.3, 0.4) is 0 Å². The zero-order chi connectivity index (χ0) is 21.1. The maximum absolute atomic E-state index is 12.7. The van der Waals surface area contributed by atoms with E-state index in [-0.39, 0.29) is 43.7 Å². The molecule has 3 rings (SSSR count). The predicted molar refractivity (Wildman–Crippen MR) is 115 cm³/mol. The molecule has 0 aromatic heterocycles. The summed E-state index contributed by atoms with van der Waals surface area (Å²) >= 11 is 24.3. The number of rotatable bonds is 6. The van der Waals surface area contributed by atoms with Crippen LogP contribution >= 0.6 is 46.4 Å². The van der Waals surface area contributed by atoms with Crippen molar-refractivity contribution in [3.8, 4) is 0 Å². The fraction of sp³-hybridized carbons (Fsp3) is 0.550. The van der Waals surface area contributed by atoms with Crippen LogP contribution in [0.25, 0.3) is 0 Å². The smallest absolute Gasteiger partial charge is 0.263 e. The molecule has 9 heteroatoms. The molecule has 29 heavy (non-hydrogen) atoms. The fourth-order valence-electron chi connectivity index (χ4n) is 3.80. The molecule has 2 aliphatic rings. The Kier molecular flexibility index (Phi) is 7.71. The summed E-state index contributed by atoms with van der Waals surface area (Å²) in [5, 5.41) is -0.181. The summed E-state index contributed by atoms with van der Waals surface area (Å²) < 4.78 is 0. The molecule has 0 N–H and O–H groups in total. The van der Waals surface area contributed by atoms with Gasteiger partial charge in [-0.3, -0.25) is 19.3 Å². The second-order valence-corrected chi connectivity index (χ2v) is 8.89. The molecule has 1 aromatic carbocycles. The van der Waals surface area contributed by atoms with Crippen molar-refractivity contribution in [2.24, 2.45) is 0 Å². The average Bonchev–Trinajstić information content (AvgIpc) is 2.89. The molecule has 0 radical (unpaired) electrons. The number of unbranched alkanes of at least 4 members (excludes halogenated alkanes) is 2. The van der Waals surface area contributed by atoms with Crippen LogP contribution in [0.4, 0.5) is 0 Å². The minimum atomic E-state index is -0.517. The third kappa shape index (κ3) is 4.68. The van der Waals surface area contributed by atoms with Crippen LogP contribution in [-0.2, 0) is 4.79 Å². The number of likely N-dealkylation sites (tertiary alicyclic amines) is 1. The van der Waals surface area contributed by atoms with Crippen molar-refractivity contribution < 1.29 is 14.4 Å². The van der Waals surface area contributed by atoms with Crippen LogP contribution in [0.15, 0.2) is 0 Å². The predicted octanol–water partition coefficient (Wildman–Crippen LogP) is 5.86. The third-order valence-electron chi connectivity index (χ3n) is 5.42. The minimum Gasteiger partial charge on any atom is -0.343 e. The number of carbonyl (C=O) groups excluding carboxylic acids is 3. The summed E-state index contributed by atoms with van der Waals surface area (Å²) in [6, 6.07) is 0. The van der Waals surface area contributed by atoms with Gasteiger partial charge in [-0.15, -0.1) is 0 Å². The van der Waals surface area contributed by atoms with Crippen LogP contribution in [0.1, 0.15) is 72.1 Å². The van der Waals surface area contributed by atoms with Crippen molar-refractivity contribution in [3.05, 3.63) is 31.2 Å². The molecule has 1 saturated heterocycles. The number of benzene rings is 1. The van der Waals surface area contributed by atoms with E-state index in [1.54, 1.807) is 0 Å². The van der Waals surface area contributed by atoms with E-state index in [9.17, 15) is 14.4 Å². The van der Waals surface area contributed by atoms with Gasteiger partial charge >= 0.3 is 0 Å². The molecule has 0 atom stereocenters. The van der Waals surface area contributed by atoms with Gasteiger partial charge in [0.15, 0.2) is 0 Å². The SMILES string of the molecule is O=C(CCCCCN1C(=O)c2c(Cl)c(Cl)c(Cl)c(Cl)c2C1=O)N1CCCCCC1. The summed E-state index contributed by atoms with van der Waals surface area (Å²) in [6.07, 6.45) is 7.06. The third-order valence-corrected chi connectivity index (χ3v) is 7.22. The molecule has 0 unspecified atom stereocenters. The Morgan fingerprint density at radius 2 is 1.24 bits per heavy atom. The number of hydrogen-bond acceptors (Lipinski definition) is 3. The van der Waals surface area contributed by atoms with Crippen molar-refractivity contribution >= 4 is 64.1 Å². The van der Waals surface area contributed by atoms with Gasteiger partial charge in [-0.05, 0) is 25.7 Å². The van der Waals surface area contributed by atoms with Gasteiger partial charge < -0.3 is 4.90 Å². The number of imide groups is 1. The highest BCUT2D eigenvalue weighted by Gasteiger charge is 2.41. The van der Waals surface area contributed by atoms with Crippen LogP contribution in [0.5, 0.6) is 0 Å². The molecular weight excluding hydrogens is 458 g/mol. The topological polar surface area (TPSA) is 57.7 Å². The number of amides is 3. The van der Waals surface area contributed by atoms with Gasteiger partial charge in [-0.25, -0.2) is 0 Å². The lowest BCUT2D eigenvalue weighted by Gasteiger charge is -2.20. The van der Waals surface area contributed by atoms with Gasteiger partial charge in [0, 0.05) is 26.1 Å². The molecule has 158 valence electrons. The van der Waals surface area contributed by atoms with Crippen molar-refractivity contribution in [1.82, 2.24) is 9.80 Å². The molecule has 0 aliphatic carbocycles. The maximum Gasteiger partial charge on any atom is 0.263 e. The maximum atomic E-state index is 12.7. The van der Waals surface area contributed by atoms with Gasteiger partial charge in [0.1, 0.15) is 0 Å². The molecular formula is C20H22Cl4N2O3. The molecule has 0 spiro atoms. The molecule has 2 heterocycles. The highest BCUT2D eigenvalue weighted by atomic mass is 35.5. The lowest BCUT2D eigenvalue weighted by Crippen LogP contribution is -2.32. The number of halogens is 4. The molecule has 0 bridgehead atoms. The van der Waals surface area contributed by atoms with Gasteiger partial charge in [0.2, 0.25) is 5.91 Å². The van der Waals surface area contributed by atoms with E-state index in [4.69, 9.17) is 46.4 Å². The molecule has 3 amide bonds. The summed E-state index contributed by atoms with van der Waals surface area (Å²) in [5.74, 6) is -0.845. The van der Waals surface area contributed by atoms with Gasteiger partial charge in [0.25, 0.3) is 11.8 Å². The Bertz CT molecular complexity index is 789. The molecule has 2 aliphatic heterocycles. The quantitative estimate of drug-likeness (QED) is 0.222. The van der Waals surface area contributed by atoms with Crippen molar-refractivity contribution in [2.75, 3.05) is 19.6 Å². The molecule has 1 aromatic rings. The van der Waals surface area contributed by atoms with Gasteiger partial charge in [-0.2, -0.15) is 0 Å². The van der Waals surface area contributed by atoms with Crippen molar-refractivity contribution in [1.29, 1.82) is 0 Å². The van der Waals surface area contributed by atoms with Gasteiger partial charge in [0.05, 0.1) is 31.2 Å². The zero-order valence-electron chi connectivity index (χ0n) is 15.9. The summed E-state index contributed by atoms with van der Waals surface area (Å²) in [7, 11) is 0. The second-order valence-electron chi connectivity index (χ2n) is 7.37. The van der Waals surface area contributed by atoms with Crippen LogP contribution < -0.4 is 0 Å². The average molecular weight is 480 g/mol. The first kappa shape index (κ1) is 22.7. The summed E-state index contributed by atoms with van der Waals surface area (Å²) in [5.41, 5.74) is 0.0137. The lowest BCUT2D eigenvalue weighted by molar-refractivity contribution is -0.131. The standard InChI is InChI=1S/C20H22Cl4N2O3/c21-15-13-14(16(22)18(24)17(15)23)20(29)26(19(13)28)11-7-3-4-8-12(27)25-9-5-1-2-6-10-25/h1-11H2. The number of fused-ring (bicyclic) bond motifs is 1. The van der Waals surface area contributed by atoms with E-state index in [1.165, 1.54) is 12.8 Å². The molecule has 1 fully saturated rings. The molecule has 5 nitrogen and oxygen atoms in total. The largest absolute Gasteiger partial charge is 0.343 e. The molecule has 0 saturated carbocycles. The Balaban J connectivity index is 1.52. The Hall–Kier alpha value is -1.01. The van der Waals surface area contributed by atoms with Crippen molar-refractivity contribution in [3.63, 3.8) is 0 Å². The van der Waals surface area contributed by atoms with E-state index in [0.29, 0.717) is 12.8 Å². The Morgan fingerprint density at radius 1 is 0.724 bits per heavy atom. The normalized spacial score (nSPS) is 17.0. The van der Waals surface area contributed by atoms with E-state index < -0.39 is 11.8 Å². The minimum absolute atomic E-state index is 0.00686. The number of carbonyl (C=O) groups is 3. The monoisotopic (exact) mass is 478 g/mol. The van der Waals surface area contributed by atoms with E-state index in [1.807, 2.05) is 4.90 Å². The second kappa shape index (κ2) is 9.86. The summed E-state index contributed by atoms with van der Waals surface area (Å²) in [6.45, 7) is 1.92. The first-order valence-electron chi connectivity index (χ1n) is 9.84. The Labute approximate surface area is 190 Å². The fourth-order valence-corrected chi connectivity index (χ4v) is 4.81. The highest BCUT2D eigenvalue weighted by Crippen LogP contribution is 2.44. The number of nitrogens with zero attached hydrogens (tertiary/aromatic N) is 2. The zero-order valence-corrected chi connectivity index (χ0v) is 18.9. The van der Waals surface area contributed by atoms with Gasteiger partial charge in [-0.1, -0.05) is 65.7 Å². The number of hydrogen-bond donors (Lipinski definition) is 0.